The number of imidazole rings is 1. The number of nitrogen functional groups attached to an aromatic ring is 1. The molecule has 0 radical (unpaired) electrons. The summed E-state index contributed by atoms with van der Waals surface area (Å²) in [6.45, 7) is 1.43. The molecule has 0 unspecified atom stereocenters. The SMILES string of the molecule is CC(=O)Nc1cc(-c2nc(-c3ccc(Cl)cc3Cl)c(-c3ncc(N)[nH]3)s2)ccn1. The molecule has 7 nitrogen and oxygen atoms in total. The number of hydrogen-bond acceptors (Lipinski definition) is 6. The summed E-state index contributed by atoms with van der Waals surface area (Å²) >= 11 is 13.9. The number of amides is 1. The zero-order valence-corrected chi connectivity index (χ0v) is 17.4. The van der Waals surface area contributed by atoms with Crippen molar-refractivity contribution in [1.82, 2.24) is 19.9 Å². The molecule has 1 amide bonds. The molecule has 1 aromatic carbocycles. The first-order valence-corrected chi connectivity index (χ1v) is 9.99. The Morgan fingerprint density at radius 2 is 2.03 bits per heavy atom. The first-order chi connectivity index (χ1) is 13.9. The van der Waals surface area contributed by atoms with Gasteiger partial charge in [0.1, 0.15) is 16.6 Å². The molecule has 0 spiro atoms. The highest BCUT2D eigenvalue weighted by atomic mass is 35.5. The highest BCUT2D eigenvalue weighted by Crippen LogP contribution is 2.42. The van der Waals surface area contributed by atoms with Gasteiger partial charge in [0.25, 0.3) is 0 Å². The lowest BCUT2D eigenvalue weighted by Gasteiger charge is -2.04. The van der Waals surface area contributed by atoms with Gasteiger partial charge in [0.15, 0.2) is 5.82 Å². The first-order valence-electron chi connectivity index (χ1n) is 8.42. The van der Waals surface area contributed by atoms with E-state index in [4.69, 9.17) is 33.9 Å². The molecule has 0 aliphatic heterocycles. The van der Waals surface area contributed by atoms with Crippen molar-refractivity contribution in [1.29, 1.82) is 0 Å². The van der Waals surface area contributed by atoms with E-state index in [-0.39, 0.29) is 5.91 Å². The molecule has 4 N–H and O–H groups in total. The Bertz CT molecular complexity index is 1220. The number of benzene rings is 1. The summed E-state index contributed by atoms with van der Waals surface area (Å²) in [5.74, 6) is 1.28. The highest BCUT2D eigenvalue weighted by Gasteiger charge is 2.20. The number of nitrogens with one attached hydrogen (secondary N) is 2. The number of nitrogens with two attached hydrogens (primary N) is 1. The minimum absolute atomic E-state index is 0.200. The molecule has 3 aromatic heterocycles. The number of anilines is 2. The topological polar surface area (TPSA) is 110 Å². The Kier molecular flexibility index (Phi) is 5.23. The predicted molar refractivity (Wildman–Crippen MR) is 117 cm³/mol. The largest absolute Gasteiger partial charge is 0.384 e. The van der Waals surface area contributed by atoms with Gasteiger partial charge in [-0.1, -0.05) is 23.2 Å². The fraction of sp³-hybridized carbons (Fsp3) is 0.0526. The fourth-order valence-electron chi connectivity index (χ4n) is 2.73. The van der Waals surface area contributed by atoms with Gasteiger partial charge in [-0.05, 0) is 30.3 Å². The molecule has 0 saturated heterocycles. The standard InChI is InChI=1S/C19H14Cl2N6OS/c1-9(28)25-15-6-10(4-5-23-15)19-27-16(12-3-2-11(20)7-13(12)21)17(29-19)18-24-8-14(22)26-18/h2-8H,22H2,1H3,(H,24,26)(H,23,25,28). The van der Waals surface area contributed by atoms with Crippen LogP contribution in [-0.4, -0.2) is 25.8 Å². The van der Waals surface area contributed by atoms with E-state index >= 15 is 0 Å². The number of aromatic amines is 1. The van der Waals surface area contributed by atoms with E-state index in [1.165, 1.54) is 18.3 Å². The zero-order chi connectivity index (χ0) is 20.5. The second kappa shape index (κ2) is 7.82. The number of thiazole rings is 1. The van der Waals surface area contributed by atoms with Gasteiger partial charge >= 0.3 is 0 Å². The quantitative estimate of drug-likeness (QED) is 0.405. The Morgan fingerprint density at radius 1 is 1.21 bits per heavy atom. The zero-order valence-electron chi connectivity index (χ0n) is 15.0. The highest BCUT2D eigenvalue weighted by molar-refractivity contribution is 7.18. The molecule has 146 valence electrons. The lowest BCUT2D eigenvalue weighted by molar-refractivity contribution is -0.114. The number of carbonyl (C=O) groups excluding carboxylic acids is 1. The van der Waals surface area contributed by atoms with Gasteiger partial charge < -0.3 is 16.0 Å². The summed E-state index contributed by atoms with van der Waals surface area (Å²) in [5, 5.41) is 4.40. The molecule has 0 bridgehead atoms. The van der Waals surface area contributed by atoms with E-state index in [0.29, 0.717) is 38.2 Å². The van der Waals surface area contributed by atoms with Crippen molar-refractivity contribution in [3.05, 3.63) is 52.8 Å². The van der Waals surface area contributed by atoms with Gasteiger partial charge in [0.05, 0.1) is 21.8 Å². The van der Waals surface area contributed by atoms with Crippen molar-refractivity contribution >= 4 is 52.1 Å². The Hall–Kier alpha value is -2.94. The van der Waals surface area contributed by atoms with Crippen LogP contribution in [0.4, 0.5) is 11.6 Å². The van der Waals surface area contributed by atoms with Crippen LogP contribution in [0.2, 0.25) is 10.0 Å². The molecule has 4 rings (SSSR count). The summed E-state index contributed by atoms with van der Waals surface area (Å²) in [5.41, 5.74) is 7.98. The van der Waals surface area contributed by atoms with E-state index in [1.807, 2.05) is 12.1 Å². The van der Waals surface area contributed by atoms with E-state index in [0.717, 1.165) is 16.0 Å². The maximum atomic E-state index is 11.3. The molecule has 10 heteroatoms. The second-order valence-corrected chi connectivity index (χ2v) is 7.96. The van der Waals surface area contributed by atoms with Crippen LogP contribution in [0.15, 0.2) is 42.7 Å². The Morgan fingerprint density at radius 3 is 2.72 bits per heavy atom. The fourth-order valence-corrected chi connectivity index (χ4v) is 4.26. The van der Waals surface area contributed by atoms with E-state index in [9.17, 15) is 4.79 Å². The molecule has 0 saturated carbocycles. The van der Waals surface area contributed by atoms with E-state index < -0.39 is 0 Å². The number of hydrogen-bond donors (Lipinski definition) is 3. The lowest BCUT2D eigenvalue weighted by atomic mass is 10.1. The van der Waals surface area contributed by atoms with Crippen LogP contribution in [0.1, 0.15) is 6.92 Å². The van der Waals surface area contributed by atoms with Crippen molar-refractivity contribution in [3.8, 4) is 32.5 Å². The summed E-state index contributed by atoms with van der Waals surface area (Å²) in [6, 6.07) is 8.81. The summed E-state index contributed by atoms with van der Waals surface area (Å²) in [4.78, 5) is 28.4. The van der Waals surface area contributed by atoms with Gasteiger partial charge in [-0.2, -0.15) is 0 Å². The van der Waals surface area contributed by atoms with Gasteiger partial charge in [0, 0.05) is 29.3 Å². The van der Waals surface area contributed by atoms with E-state index in [1.54, 1.807) is 30.6 Å². The second-order valence-electron chi connectivity index (χ2n) is 6.12. The van der Waals surface area contributed by atoms with Crippen LogP contribution in [0, 0.1) is 0 Å². The van der Waals surface area contributed by atoms with Crippen LogP contribution in [0.5, 0.6) is 0 Å². The minimum Gasteiger partial charge on any atom is -0.384 e. The maximum absolute atomic E-state index is 11.3. The lowest BCUT2D eigenvalue weighted by Crippen LogP contribution is -2.07. The van der Waals surface area contributed by atoms with Crippen LogP contribution in [0.3, 0.4) is 0 Å². The number of pyridine rings is 1. The summed E-state index contributed by atoms with van der Waals surface area (Å²) in [6.07, 6.45) is 3.16. The molecule has 0 atom stereocenters. The Labute approximate surface area is 179 Å². The van der Waals surface area contributed by atoms with Crippen molar-refractivity contribution in [3.63, 3.8) is 0 Å². The number of H-pyrrole nitrogens is 1. The van der Waals surface area contributed by atoms with Crippen LogP contribution in [0.25, 0.3) is 32.5 Å². The molecule has 4 aromatic rings. The Balaban J connectivity index is 1.87. The molecule has 0 aliphatic carbocycles. The van der Waals surface area contributed by atoms with Crippen LogP contribution in [-0.2, 0) is 4.79 Å². The van der Waals surface area contributed by atoms with Gasteiger partial charge in [-0.25, -0.2) is 15.0 Å². The third-order valence-corrected chi connectivity index (χ3v) is 5.59. The van der Waals surface area contributed by atoms with Crippen molar-refractivity contribution < 1.29 is 4.79 Å². The molecule has 29 heavy (non-hydrogen) atoms. The normalized spacial score (nSPS) is 10.9. The van der Waals surface area contributed by atoms with Crippen LogP contribution < -0.4 is 11.1 Å². The molecular weight excluding hydrogens is 431 g/mol. The maximum Gasteiger partial charge on any atom is 0.222 e. The number of aromatic nitrogens is 4. The van der Waals surface area contributed by atoms with Crippen molar-refractivity contribution in [2.45, 2.75) is 6.92 Å². The number of halogens is 2. The van der Waals surface area contributed by atoms with Gasteiger partial charge in [0.2, 0.25) is 5.91 Å². The smallest absolute Gasteiger partial charge is 0.222 e. The van der Waals surface area contributed by atoms with Crippen molar-refractivity contribution in [2.75, 3.05) is 11.1 Å². The molecule has 0 aliphatic rings. The molecular formula is C19H14Cl2N6OS. The summed E-state index contributed by atoms with van der Waals surface area (Å²) in [7, 11) is 0. The minimum atomic E-state index is -0.200. The number of nitrogens with zero attached hydrogens (tertiary/aromatic N) is 3. The average molecular weight is 445 g/mol. The summed E-state index contributed by atoms with van der Waals surface area (Å²) < 4.78 is 0. The number of rotatable bonds is 4. The van der Waals surface area contributed by atoms with Gasteiger partial charge in [-0.15, -0.1) is 11.3 Å². The van der Waals surface area contributed by atoms with E-state index in [2.05, 4.69) is 20.3 Å². The third-order valence-electron chi connectivity index (χ3n) is 3.93. The monoisotopic (exact) mass is 444 g/mol. The predicted octanol–water partition coefficient (Wildman–Crippen LogP) is 5.11. The van der Waals surface area contributed by atoms with Gasteiger partial charge in [-0.3, -0.25) is 4.79 Å². The molecule has 0 fully saturated rings. The van der Waals surface area contributed by atoms with Crippen molar-refractivity contribution in [2.24, 2.45) is 0 Å². The molecule has 3 heterocycles. The third kappa shape index (κ3) is 4.09. The first kappa shape index (κ1) is 19.4. The van der Waals surface area contributed by atoms with Crippen LogP contribution >= 0.6 is 34.5 Å². The average Bonchev–Trinajstić information content (AvgIpc) is 3.28. The number of carbonyl (C=O) groups is 1.